The van der Waals surface area contributed by atoms with Crippen molar-refractivity contribution in [3.8, 4) is 22.3 Å². The van der Waals surface area contributed by atoms with Crippen LogP contribution in [0.2, 0.25) is 0 Å². The van der Waals surface area contributed by atoms with Crippen molar-refractivity contribution < 1.29 is 0 Å². The maximum Gasteiger partial charge on any atom is -0.00237 e. The Morgan fingerprint density at radius 1 is 0.429 bits per heavy atom. The molecule has 5 aromatic carbocycles. The molecule has 0 atom stereocenters. The molecule has 0 heterocycles. The fourth-order valence-corrected chi connectivity index (χ4v) is 4.34. The smallest absolute Gasteiger partial charge is 0.00237 e. The number of fused-ring (bicyclic) bond motifs is 2. The molecular formula is C28H22. The van der Waals surface area contributed by atoms with Crippen LogP contribution in [0, 0.1) is 13.8 Å². The fraction of sp³-hybridized carbons (Fsp3) is 0.0714. The number of aryl methyl sites for hydroxylation is 2. The van der Waals surface area contributed by atoms with Crippen LogP contribution in [0.3, 0.4) is 0 Å². The number of hydrogen-bond acceptors (Lipinski definition) is 0. The molecule has 28 heavy (non-hydrogen) atoms. The number of hydrogen-bond donors (Lipinski definition) is 0. The molecule has 134 valence electrons. The van der Waals surface area contributed by atoms with Crippen molar-refractivity contribution in [1.29, 1.82) is 0 Å². The summed E-state index contributed by atoms with van der Waals surface area (Å²) in [5, 5.41) is 5.29. The third-order valence-corrected chi connectivity index (χ3v) is 5.66. The van der Waals surface area contributed by atoms with Crippen LogP contribution < -0.4 is 0 Å². The molecule has 0 aliphatic rings. The van der Waals surface area contributed by atoms with Crippen LogP contribution in [-0.4, -0.2) is 0 Å². The molecule has 0 aromatic heterocycles. The van der Waals surface area contributed by atoms with E-state index in [0.717, 1.165) is 0 Å². The minimum atomic E-state index is 1.27. The maximum absolute atomic E-state index is 2.27. The standard InChI is InChI=1S/C28H22/c1-19-15-17-22(18-16-19)27-23-12-6-7-13-24(23)28(21-10-4-3-5-11-21)26-20(2)9-8-14-25(26)27/h3-18H,1-2H3. The Morgan fingerprint density at radius 2 is 1.00 bits per heavy atom. The molecule has 0 spiro atoms. The molecule has 0 radical (unpaired) electrons. The second-order valence-corrected chi connectivity index (χ2v) is 7.53. The van der Waals surface area contributed by atoms with Crippen molar-refractivity contribution in [3.05, 3.63) is 108 Å². The van der Waals surface area contributed by atoms with Crippen molar-refractivity contribution in [2.75, 3.05) is 0 Å². The zero-order valence-corrected chi connectivity index (χ0v) is 16.2. The molecule has 0 amide bonds. The topological polar surface area (TPSA) is 0 Å². The minimum Gasteiger partial charge on any atom is -0.0622 e. The number of benzene rings is 5. The first-order chi connectivity index (χ1) is 13.7. The normalized spacial score (nSPS) is 11.2. The van der Waals surface area contributed by atoms with E-state index in [1.165, 1.54) is 54.9 Å². The van der Waals surface area contributed by atoms with E-state index < -0.39 is 0 Å². The van der Waals surface area contributed by atoms with Crippen molar-refractivity contribution in [3.63, 3.8) is 0 Å². The zero-order valence-electron chi connectivity index (χ0n) is 16.2. The largest absolute Gasteiger partial charge is 0.0622 e. The molecule has 0 aliphatic carbocycles. The van der Waals surface area contributed by atoms with Crippen molar-refractivity contribution in [2.45, 2.75) is 13.8 Å². The van der Waals surface area contributed by atoms with E-state index in [1.54, 1.807) is 0 Å². The summed E-state index contributed by atoms with van der Waals surface area (Å²) >= 11 is 0. The Bertz CT molecular complexity index is 1290. The Hall–Kier alpha value is -3.38. The molecule has 0 unspecified atom stereocenters. The van der Waals surface area contributed by atoms with Gasteiger partial charge in [0.1, 0.15) is 0 Å². The lowest BCUT2D eigenvalue weighted by atomic mass is 9.84. The first-order valence-electron chi connectivity index (χ1n) is 9.80. The third kappa shape index (κ3) is 2.61. The van der Waals surface area contributed by atoms with Crippen LogP contribution in [0.25, 0.3) is 43.8 Å². The van der Waals surface area contributed by atoms with Gasteiger partial charge in [-0.25, -0.2) is 0 Å². The van der Waals surface area contributed by atoms with Crippen LogP contribution in [-0.2, 0) is 0 Å². The van der Waals surface area contributed by atoms with Crippen LogP contribution in [0.4, 0.5) is 0 Å². The van der Waals surface area contributed by atoms with Gasteiger partial charge >= 0.3 is 0 Å². The highest BCUT2D eigenvalue weighted by molar-refractivity contribution is 6.22. The van der Waals surface area contributed by atoms with E-state index in [0.29, 0.717) is 0 Å². The highest BCUT2D eigenvalue weighted by Gasteiger charge is 2.17. The molecule has 0 saturated heterocycles. The molecular weight excluding hydrogens is 336 g/mol. The highest BCUT2D eigenvalue weighted by Crippen LogP contribution is 2.44. The van der Waals surface area contributed by atoms with Crippen molar-refractivity contribution >= 4 is 21.5 Å². The van der Waals surface area contributed by atoms with E-state index in [4.69, 9.17) is 0 Å². The van der Waals surface area contributed by atoms with E-state index in [2.05, 4.69) is 111 Å². The highest BCUT2D eigenvalue weighted by atomic mass is 14.2. The Kier molecular flexibility index (Phi) is 3.98. The lowest BCUT2D eigenvalue weighted by molar-refractivity contribution is 1.47. The summed E-state index contributed by atoms with van der Waals surface area (Å²) in [5.74, 6) is 0. The average molecular weight is 358 g/mol. The summed E-state index contributed by atoms with van der Waals surface area (Å²) in [6, 6.07) is 35.2. The molecule has 0 nitrogen and oxygen atoms in total. The summed E-state index contributed by atoms with van der Waals surface area (Å²) in [7, 11) is 0. The van der Waals surface area contributed by atoms with Gasteiger partial charge in [0.25, 0.3) is 0 Å². The van der Waals surface area contributed by atoms with Gasteiger partial charge in [-0.05, 0) is 63.2 Å². The molecule has 0 bridgehead atoms. The molecule has 0 saturated carbocycles. The van der Waals surface area contributed by atoms with Gasteiger partial charge in [-0.3, -0.25) is 0 Å². The summed E-state index contributed by atoms with van der Waals surface area (Å²) in [4.78, 5) is 0. The molecule has 5 aromatic rings. The van der Waals surface area contributed by atoms with E-state index >= 15 is 0 Å². The summed E-state index contributed by atoms with van der Waals surface area (Å²) < 4.78 is 0. The first kappa shape index (κ1) is 16.8. The summed E-state index contributed by atoms with van der Waals surface area (Å²) in [5.41, 5.74) is 7.81. The van der Waals surface area contributed by atoms with E-state index in [9.17, 15) is 0 Å². The Balaban J connectivity index is 2.03. The van der Waals surface area contributed by atoms with Gasteiger partial charge in [-0.1, -0.05) is 103 Å². The van der Waals surface area contributed by atoms with Gasteiger partial charge in [0.2, 0.25) is 0 Å². The molecule has 0 aliphatic heterocycles. The Morgan fingerprint density at radius 3 is 1.71 bits per heavy atom. The second kappa shape index (κ2) is 6.65. The van der Waals surface area contributed by atoms with Gasteiger partial charge in [0.15, 0.2) is 0 Å². The number of rotatable bonds is 2. The average Bonchev–Trinajstić information content (AvgIpc) is 2.74. The Labute approximate surface area is 166 Å². The van der Waals surface area contributed by atoms with Crippen LogP contribution in [0.1, 0.15) is 11.1 Å². The minimum absolute atomic E-state index is 1.27. The van der Waals surface area contributed by atoms with E-state index in [-0.39, 0.29) is 0 Å². The lowest BCUT2D eigenvalue weighted by Crippen LogP contribution is -1.92. The zero-order chi connectivity index (χ0) is 19.1. The SMILES string of the molecule is Cc1ccc(-c2c3ccccc3c(-c3ccccc3)c3c(C)cccc23)cc1. The van der Waals surface area contributed by atoms with Gasteiger partial charge in [-0.2, -0.15) is 0 Å². The van der Waals surface area contributed by atoms with Crippen LogP contribution >= 0.6 is 0 Å². The summed E-state index contributed by atoms with van der Waals surface area (Å²) in [6.07, 6.45) is 0. The van der Waals surface area contributed by atoms with Gasteiger partial charge in [0.05, 0.1) is 0 Å². The lowest BCUT2D eigenvalue weighted by Gasteiger charge is -2.19. The fourth-order valence-electron chi connectivity index (χ4n) is 4.34. The van der Waals surface area contributed by atoms with Gasteiger partial charge in [0, 0.05) is 0 Å². The van der Waals surface area contributed by atoms with Crippen molar-refractivity contribution in [2.24, 2.45) is 0 Å². The van der Waals surface area contributed by atoms with Crippen molar-refractivity contribution in [1.82, 2.24) is 0 Å². The second-order valence-electron chi connectivity index (χ2n) is 7.53. The monoisotopic (exact) mass is 358 g/mol. The van der Waals surface area contributed by atoms with Crippen LogP contribution in [0.15, 0.2) is 97.1 Å². The molecule has 5 rings (SSSR count). The molecule has 0 heteroatoms. The van der Waals surface area contributed by atoms with Gasteiger partial charge < -0.3 is 0 Å². The predicted octanol–water partition coefficient (Wildman–Crippen LogP) is 7.94. The third-order valence-electron chi connectivity index (χ3n) is 5.66. The molecule has 0 N–H and O–H groups in total. The maximum atomic E-state index is 2.27. The van der Waals surface area contributed by atoms with E-state index in [1.807, 2.05) is 0 Å². The summed E-state index contributed by atoms with van der Waals surface area (Å²) in [6.45, 7) is 4.37. The van der Waals surface area contributed by atoms with Gasteiger partial charge in [-0.15, -0.1) is 0 Å². The molecule has 0 fully saturated rings. The quantitative estimate of drug-likeness (QED) is 0.281. The first-order valence-corrected chi connectivity index (χ1v) is 9.80. The predicted molar refractivity (Wildman–Crippen MR) is 122 cm³/mol. The van der Waals surface area contributed by atoms with Crippen LogP contribution in [0.5, 0.6) is 0 Å².